The van der Waals surface area contributed by atoms with Crippen LogP contribution in [-0.4, -0.2) is 25.9 Å². The molecule has 1 atom stereocenters. The van der Waals surface area contributed by atoms with Crippen molar-refractivity contribution >= 4 is 35.0 Å². The molecule has 0 saturated heterocycles. The van der Waals surface area contributed by atoms with Crippen molar-refractivity contribution in [2.24, 2.45) is 0 Å². The Labute approximate surface area is 138 Å². The van der Waals surface area contributed by atoms with Crippen molar-refractivity contribution < 1.29 is 4.79 Å². The third kappa shape index (κ3) is 4.11. The highest BCUT2D eigenvalue weighted by atomic mass is 35.5. The average Bonchev–Trinajstić information content (AvgIpc) is 2.90. The number of halogens is 1. The molecule has 0 radical (unpaired) electrons. The molecule has 1 aromatic heterocycles. The number of benzene rings is 1. The molecule has 2 aromatic rings. The second-order valence-electron chi connectivity index (χ2n) is 4.76. The zero-order valence-corrected chi connectivity index (χ0v) is 14.0. The fraction of sp³-hybridized carbons (Fsp3) is 0.267. The second kappa shape index (κ2) is 7.47. The summed E-state index contributed by atoms with van der Waals surface area (Å²) >= 11 is 7.31. The lowest BCUT2D eigenvalue weighted by Crippen LogP contribution is -2.23. The third-order valence-corrected chi connectivity index (χ3v) is 4.34. The van der Waals surface area contributed by atoms with Crippen LogP contribution in [0.5, 0.6) is 0 Å². The molecule has 1 heterocycles. The lowest BCUT2D eigenvalue weighted by atomic mass is 10.2. The van der Waals surface area contributed by atoms with Gasteiger partial charge in [0.1, 0.15) is 6.33 Å². The molecule has 5 nitrogen and oxygen atoms in total. The highest BCUT2D eigenvalue weighted by molar-refractivity contribution is 8.00. The first-order valence-corrected chi connectivity index (χ1v) is 7.99. The van der Waals surface area contributed by atoms with Crippen LogP contribution in [0.1, 0.15) is 12.5 Å². The standard InChI is InChI=1S/C15H17ClN4OS/c1-4-7-20-9-17-19-15(20)22-11(3)14(21)18-13-8-12(16)6-5-10(13)2/h4-6,8-9,11H,1,7H2,2-3H3,(H,18,21)/t11-/m0/s1. The van der Waals surface area contributed by atoms with Crippen molar-refractivity contribution in [1.82, 2.24) is 14.8 Å². The van der Waals surface area contributed by atoms with E-state index in [4.69, 9.17) is 11.6 Å². The van der Waals surface area contributed by atoms with E-state index in [0.717, 1.165) is 11.3 Å². The van der Waals surface area contributed by atoms with Crippen LogP contribution < -0.4 is 5.32 Å². The van der Waals surface area contributed by atoms with Crippen LogP contribution in [0.3, 0.4) is 0 Å². The summed E-state index contributed by atoms with van der Waals surface area (Å²) < 4.78 is 1.84. The second-order valence-corrected chi connectivity index (χ2v) is 6.51. The lowest BCUT2D eigenvalue weighted by Gasteiger charge is -2.13. The zero-order valence-electron chi connectivity index (χ0n) is 12.4. The molecule has 22 heavy (non-hydrogen) atoms. The number of carbonyl (C=O) groups excluding carboxylic acids is 1. The van der Waals surface area contributed by atoms with Crippen LogP contribution >= 0.6 is 23.4 Å². The number of rotatable bonds is 6. The third-order valence-electron chi connectivity index (χ3n) is 3.01. The van der Waals surface area contributed by atoms with E-state index in [-0.39, 0.29) is 11.2 Å². The van der Waals surface area contributed by atoms with E-state index in [0.29, 0.717) is 16.7 Å². The van der Waals surface area contributed by atoms with E-state index in [9.17, 15) is 4.79 Å². The predicted octanol–water partition coefficient (Wildman–Crippen LogP) is 3.55. The monoisotopic (exact) mass is 336 g/mol. The maximum Gasteiger partial charge on any atom is 0.237 e. The summed E-state index contributed by atoms with van der Waals surface area (Å²) in [6, 6.07) is 5.41. The summed E-state index contributed by atoms with van der Waals surface area (Å²) in [5, 5.41) is 11.7. The quantitative estimate of drug-likeness (QED) is 0.647. The van der Waals surface area contributed by atoms with Crippen LogP contribution in [0, 0.1) is 6.92 Å². The van der Waals surface area contributed by atoms with Crippen molar-refractivity contribution in [2.75, 3.05) is 5.32 Å². The summed E-state index contributed by atoms with van der Waals surface area (Å²) in [7, 11) is 0. The number of aromatic nitrogens is 3. The Bertz CT molecular complexity index is 686. The van der Waals surface area contributed by atoms with Gasteiger partial charge >= 0.3 is 0 Å². The van der Waals surface area contributed by atoms with Gasteiger partial charge in [-0.05, 0) is 31.5 Å². The molecule has 1 aromatic carbocycles. The molecule has 7 heteroatoms. The molecule has 0 aliphatic carbocycles. The number of allylic oxidation sites excluding steroid dienone is 1. The number of carbonyl (C=O) groups is 1. The largest absolute Gasteiger partial charge is 0.325 e. The van der Waals surface area contributed by atoms with E-state index >= 15 is 0 Å². The molecule has 0 aliphatic rings. The summed E-state index contributed by atoms with van der Waals surface area (Å²) in [5.41, 5.74) is 1.68. The summed E-state index contributed by atoms with van der Waals surface area (Å²) in [5.74, 6) is -0.108. The zero-order chi connectivity index (χ0) is 16.1. The minimum atomic E-state index is -0.314. The van der Waals surface area contributed by atoms with Crippen LogP contribution in [0.2, 0.25) is 5.02 Å². The van der Waals surface area contributed by atoms with E-state index in [1.807, 2.05) is 24.5 Å². The Morgan fingerprint density at radius 2 is 2.36 bits per heavy atom. The number of nitrogens with zero attached hydrogens (tertiary/aromatic N) is 3. The molecule has 0 bridgehead atoms. The lowest BCUT2D eigenvalue weighted by molar-refractivity contribution is -0.115. The van der Waals surface area contributed by atoms with Crippen molar-refractivity contribution in [3.05, 3.63) is 47.8 Å². The van der Waals surface area contributed by atoms with E-state index in [2.05, 4.69) is 22.1 Å². The number of aryl methyl sites for hydroxylation is 1. The first-order valence-electron chi connectivity index (χ1n) is 6.73. The minimum Gasteiger partial charge on any atom is -0.325 e. The Balaban J connectivity index is 2.04. The number of hydrogen-bond acceptors (Lipinski definition) is 4. The number of thioether (sulfide) groups is 1. The molecule has 1 amide bonds. The number of amides is 1. The molecule has 0 spiro atoms. The Kier molecular flexibility index (Phi) is 5.63. The van der Waals surface area contributed by atoms with Gasteiger partial charge in [-0.25, -0.2) is 0 Å². The van der Waals surface area contributed by atoms with Crippen LogP contribution in [0.4, 0.5) is 5.69 Å². The Morgan fingerprint density at radius 1 is 1.59 bits per heavy atom. The molecule has 2 rings (SSSR count). The number of anilines is 1. The van der Waals surface area contributed by atoms with E-state index < -0.39 is 0 Å². The highest BCUT2D eigenvalue weighted by Crippen LogP contribution is 2.24. The van der Waals surface area contributed by atoms with E-state index in [1.54, 1.807) is 24.5 Å². The van der Waals surface area contributed by atoms with Crippen molar-refractivity contribution in [2.45, 2.75) is 30.8 Å². The molecule has 116 valence electrons. The van der Waals surface area contributed by atoms with Gasteiger partial charge in [-0.15, -0.1) is 16.8 Å². The summed E-state index contributed by atoms with van der Waals surface area (Å²) in [6.07, 6.45) is 3.38. The van der Waals surface area contributed by atoms with Gasteiger partial charge in [0.15, 0.2) is 5.16 Å². The normalized spacial score (nSPS) is 12.0. The topological polar surface area (TPSA) is 59.8 Å². The molecular weight excluding hydrogens is 320 g/mol. The van der Waals surface area contributed by atoms with Gasteiger partial charge in [0.2, 0.25) is 5.91 Å². The SMILES string of the molecule is C=CCn1cnnc1S[C@@H](C)C(=O)Nc1cc(Cl)ccc1C. The summed E-state index contributed by atoms with van der Waals surface area (Å²) in [4.78, 5) is 12.3. The predicted molar refractivity (Wildman–Crippen MR) is 90.4 cm³/mol. The highest BCUT2D eigenvalue weighted by Gasteiger charge is 2.18. The van der Waals surface area contributed by atoms with Crippen LogP contribution in [0.25, 0.3) is 0 Å². The fourth-order valence-corrected chi connectivity index (χ4v) is 2.78. The van der Waals surface area contributed by atoms with Gasteiger partial charge in [0, 0.05) is 17.3 Å². The molecular formula is C15H17ClN4OS. The van der Waals surface area contributed by atoms with Crippen LogP contribution in [-0.2, 0) is 11.3 Å². The fourth-order valence-electron chi connectivity index (χ4n) is 1.77. The number of nitrogens with one attached hydrogen (secondary N) is 1. The number of hydrogen-bond donors (Lipinski definition) is 1. The minimum absolute atomic E-state index is 0.108. The van der Waals surface area contributed by atoms with Crippen LogP contribution in [0.15, 0.2) is 42.3 Å². The van der Waals surface area contributed by atoms with Gasteiger partial charge in [0.05, 0.1) is 5.25 Å². The average molecular weight is 337 g/mol. The van der Waals surface area contributed by atoms with Crippen molar-refractivity contribution in [3.63, 3.8) is 0 Å². The first kappa shape index (κ1) is 16.6. The Hall–Kier alpha value is -1.79. The van der Waals surface area contributed by atoms with Crippen molar-refractivity contribution in [1.29, 1.82) is 0 Å². The van der Waals surface area contributed by atoms with E-state index in [1.165, 1.54) is 11.8 Å². The van der Waals surface area contributed by atoms with Gasteiger partial charge in [-0.1, -0.05) is 35.5 Å². The molecule has 0 saturated carbocycles. The molecule has 0 unspecified atom stereocenters. The molecule has 0 aliphatic heterocycles. The Morgan fingerprint density at radius 3 is 3.09 bits per heavy atom. The smallest absolute Gasteiger partial charge is 0.237 e. The van der Waals surface area contributed by atoms with Gasteiger partial charge in [-0.2, -0.15) is 0 Å². The molecule has 0 fully saturated rings. The maximum absolute atomic E-state index is 12.3. The summed E-state index contributed by atoms with van der Waals surface area (Å²) in [6.45, 7) is 8.04. The first-order chi connectivity index (χ1) is 10.5. The van der Waals surface area contributed by atoms with Gasteiger partial charge in [0.25, 0.3) is 0 Å². The van der Waals surface area contributed by atoms with Crippen molar-refractivity contribution in [3.8, 4) is 0 Å². The van der Waals surface area contributed by atoms with Gasteiger partial charge < -0.3 is 9.88 Å². The van der Waals surface area contributed by atoms with Gasteiger partial charge in [-0.3, -0.25) is 4.79 Å². The maximum atomic E-state index is 12.3. The molecule has 1 N–H and O–H groups in total.